The van der Waals surface area contributed by atoms with Gasteiger partial charge in [0.15, 0.2) is 0 Å². The van der Waals surface area contributed by atoms with Crippen LogP contribution in [0.5, 0.6) is 5.75 Å². The van der Waals surface area contributed by atoms with E-state index in [-0.39, 0.29) is 30.7 Å². The van der Waals surface area contributed by atoms with E-state index in [0.717, 1.165) is 0 Å². The molecule has 1 heterocycles. The van der Waals surface area contributed by atoms with Crippen LogP contribution in [0.25, 0.3) is 0 Å². The fraction of sp³-hybridized carbons (Fsp3) is 0.529. The standard InChI is InChI=1S/C17H22FNO5/c18-13-3-5-15(6-4-13)24-9-1-2-16(20)19(12-17(21)22)14-7-10-23-11-8-14/h3-6,14H,1-2,7-12H2,(H,21,22). The van der Waals surface area contributed by atoms with Gasteiger partial charge in [-0.15, -0.1) is 0 Å². The maximum absolute atomic E-state index is 12.8. The van der Waals surface area contributed by atoms with Crippen molar-refractivity contribution in [2.24, 2.45) is 0 Å². The van der Waals surface area contributed by atoms with Gasteiger partial charge in [-0.3, -0.25) is 9.59 Å². The molecule has 24 heavy (non-hydrogen) atoms. The molecule has 1 aromatic rings. The number of hydrogen-bond acceptors (Lipinski definition) is 4. The average Bonchev–Trinajstić information content (AvgIpc) is 2.58. The Kier molecular flexibility index (Phi) is 6.99. The number of halogens is 1. The topological polar surface area (TPSA) is 76.1 Å². The highest BCUT2D eigenvalue weighted by atomic mass is 19.1. The molecule has 6 nitrogen and oxygen atoms in total. The Morgan fingerprint density at radius 2 is 1.92 bits per heavy atom. The summed E-state index contributed by atoms with van der Waals surface area (Å²) in [6.07, 6.45) is 2.00. The van der Waals surface area contributed by atoms with Crippen LogP contribution in [0.15, 0.2) is 24.3 Å². The van der Waals surface area contributed by atoms with Crippen molar-refractivity contribution in [2.45, 2.75) is 31.7 Å². The number of carbonyl (C=O) groups is 2. The minimum Gasteiger partial charge on any atom is -0.494 e. The Hall–Kier alpha value is -2.15. The zero-order chi connectivity index (χ0) is 17.4. The Balaban J connectivity index is 1.78. The van der Waals surface area contributed by atoms with Crippen LogP contribution in [0.4, 0.5) is 4.39 Å². The third-order valence-electron chi connectivity index (χ3n) is 3.87. The lowest BCUT2D eigenvalue weighted by molar-refractivity contribution is -0.147. The van der Waals surface area contributed by atoms with Gasteiger partial charge in [0.25, 0.3) is 0 Å². The van der Waals surface area contributed by atoms with Crippen LogP contribution in [-0.2, 0) is 14.3 Å². The summed E-state index contributed by atoms with van der Waals surface area (Å²) in [4.78, 5) is 24.8. The second-order valence-corrected chi connectivity index (χ2v) is 5.66. The van der Waals surface area contributed by atoms with Crippen molar-refractivity contribution in [3.8, 4) is 5.75 Å². The van der Waals surface area contributed by atoms with Gasteiger partial charge in [0.2, 0.25) is 5.91 Å². The van der Waals surface area contributed by atoms with E-state index in [2.05, 4.69) is 0 Å². The molecular formula is C17H22FNO5. The molecule has 132 valence electrons. The lowest BCUT2D eigenvalue weighted by Crippen LogP contribution is -2.46. The van der Waals surface area contributed by atoms with Gasteiger partial charge in [-0.2, -0.15) is 0 Å². The zero-order valence-corrected chi connectivity index (χ0v) is 13.4. The molecule has 1 amide bonds. The first-order chi connectivity index (χ1) is 11.6. The van der Waals surface area contributed by atoms with Crippen molar-refractivity contribution in [2.75, 3.05) is 26.4 Å². The number of carboxylic acids is 1. The molecule has 2 rings (SSSR count). The molecule has 1 aromatic carbocycles. The van der Waals surface area contributed by atoms with E-state index in [9.17, 15) is 14.0 Å². The lowest BCUT2D eigenvalue weighted by Gasteiger charge is -2.33. The van der Waals surface area contributed by atoms with E-state index in [1.54, 1.807) is 0 Å². The Morgan fingerprint density at radius 1 is 1.25 bits per heavy atom. The van der Waals surface area contributed by atoms with Crippen LogP contribution < -0.4 is 4.74 Å². The van der Waals surface area contributed by atoms with E-state index in [4.69, 9.17) is 14.6 Å². The molecule has 0 bridgehead atoms. The first kappa shape index (κ1) is 18.2. The Bertz CT molecular complexity index is 542. The van der Waals surface area contributed by atoms with E-state index in [0.29, 0.717) is 44.8 Å². The van der Waals surface area contributed by atoms with Crippen LogP contribution in [0.2, 0.25) is 0 Å². The van der Waals surface area contributed by atoms with Gasteiger partial charge in [-0.05, 0) is 43.5 Å². The molecule has 1 aliphatic rings. The molecule has 7 heteroatoms. The highest BCUT2D eigenvalue weighted by Gasteiger charge is 2.27. The third-order valence-corrected chi connectivity index (χ3v) is 3.87. The van der Waals surface area contributed by atoms with Crippen LogP contribution in [0.3, 0.4) is 0 Å². The minimum absolute atomic E-state index is 0.0830. The van der Waals surface area contributed by atoms with Gasteiger partial charge in [0, 0.05) is 25.7 Å². The number of amides is 1. The van der Waals surface area contributed by atoms with Crippen molar-refractivity contribution in [1.29, 1.82) is 0 Å². The lowest BCUT2D eigenvalue weighted by atomic mass is 10.1. The highest BCUT2D eigenvalue weighted by Crippen LogP contribution is 2.16. The number of benzene rings is 1. The molecular weight excluding hydrogens is 317 g/mol. The van der Waals surface area contributed by atoms with Crippen molar-refractivity contribution in [3.63, 3.8) is 0 Å². The molecule has 0 aliphatic carbocycles. The molecule has 1 aliphatic heterocycles. The van der Waals surface area contributed by atoms with E-state index >= 15 is 0 Å². The Labute approximate surface area is 140 Å². The first-order valence-electron chi connectivity index (χ1n) is 8.03. The monoisotopic (exact) mass is 339 g/mol. The number of rotatable bonds is 8. The highest BCUT2D eigenvalue weighted by molar-refractivity contribution is 5.81. The summed E-state index contributed by atoms with van der Waals surface area (Å²) in [5.74, 6) is -1.00. The second kappa shape index (κ2) is 9.22. The fourth-order valence-corrected chi connectivity index (χ4v) is 2.65. The quantitative estimate of drug-likeness (QED) is 0.734. The van der Waals surface area contributed by atoms with Crippen molar-refractivity contribution in [3.05, 3.63) is 30.1 Å². The molecule has 0 spiro atoms. The van der Waals surface area contributed by atoms with Crippen LogP contribution in [0, 0.1) is 5.82 Å². The predicted octanol–water partition coefficient (Wildman–Crippen LogP) is 2.08. The van der Waals surface area contributed by atoms with Crippen LogP contribution in [0.1, 0.15) is 25.7 Å². The van der Waals surface area contributed by atoms with E-state index in [1.165, 1.54) is 29.2 Å². The van der Waals surface area contributed by atoms with Crippen molar-refractivity contribution in [1.82, 2.24) is 4.90 Å². The number of hydrogen-bond donors (Lipinski definition) is 1. The summed E-state index contributed by atoms with van der Waals surface area (Å²) in [6.45, 7) is 1.11. The molecule has 1 N–H and O–H groups in total. The summed E-state index contributed by atoms with van der Waals surface area (Å²) in [5.41, 5.74) is 0. The molecule has 1 fully saturated rings. The largest absolute Gasteiger partial charge is 0.494 e. The minimum atomic E-state index is -1.02. The van der Waals surface area contributed by atoms with Gasteiger partial charge in [0.05, 0.1) is 6.61 Å². The molecule has 0 unspecified atom stereocenters. The maximum Gasteiger partial charge on any atom is 0.323 e. The summed E-state index contributed by atoms with van der Waals surface area (Å²) >= 11 is 0. The SMILES string of the molecule is O=C(O)CN(C(=O)CCCOc1ccc(F)cc1)C1CCOCC1. The first-order valence-corrected chi connectivity index (χ1v) is 8.03. The second-order valence-electron chi connectivity index (χ2n) is 5.66. The van der Waals surface area contributed by atoms with Crippen molar-refractivity contribution >= 4 is 11.9 Å². The zero-order valence-electron chi connectivity index (χ0n) is 13.4. The normalized spacial score (nSPS) is 15.0. The summed E-state index contributed by atoms with van der Waals surface area (Å²) in [7, 11) is 0. The summed E-state index contributed by atoms with van der Waals surface area (Å²) in [5, 5.41) is 9.03. The number of carboxylic acid groups (broad SMARTS) is 1. The fourth-order valence-electron chi connectivity index (χ4n) is 2.65. The number of ether oxygens (including phenoxy) is 2. The van der Waals surface area contributed by atoms with E-state index in [1.807, 2.05) is 0 Å². The maximum atomic E-state index is 12.8. The van der Waals surface area contributed by atoms with Gasteiger partial charge in [-0.1, -0.05) is 0 Å². The van der Waals surface area contributed by atoms with Gasteiger partial charge in [-0.25, -0.2) is 4.39 Å². The third kappa shape index (κ3) is 5.81. The average molecular weight is 339 g/mol. The molecule has 0 radical (unpaired) electrons. The molecule has 0 atom stereocenters. The van der Waals surface area contributed by atoms with Gasteiger partial charge < -0.3 is 19.5 Å². The van der Waals surface area contributed by atoms with Crippen molar-refractivity contribution < 1.29 is 28.6 Å². The molecule has 0 saturated carbocycles. The number of aliphatic carboxylic acids is 1. The van der Waals surface area contributed by atoms with Crippen LogP contribution >= 0.6 is 0 Å². The molecule has 1 saturated heterocycles. The Morgan fingerprint density at radius 3 is 2.54 bits per heavy atom. The number of nitrogens with zero attached hydrogens (tertiary/aromatic N) is 1. The predicted molar refractivity (Wildman–Crippen MR) is 84.3 cm³/mol. The summed E-state index contributed by atoms with van der Waals surface area (Å²) < 4.78 is 23.5. The van der Waals surface area contributed by atoms with Crippen LogP contribution in [-0.4, -0.2) is 54.3 Å². The molecule has 0 aromatic heterocycles. The van der Waals surface area contributed by atoms with Gasteiger partial charge >= 0.3 is 5.97 Å². The number of carbonyl (C=O) groups excluding carboxylic acids is 1. The van der Waals surface area contributed by atoms with E-state index < -0.39 is 5.97 Å². The summed E-state index contributed by atoms with van der Waals surface area (Å²) in [6, 6.07) is 5.58. The van der Waals surface area contributed by atoms with Gasteiger partial charge in [0.1, 0.15) is 18.1 Å². The smallest absolute Gasteiger partial charge is 0.323 e.